The number of fused-ring (bicyclic) bond motifs is 1. The standard InChI is InChI=1S/C24H24F3NO5/c1-13-10-14(2)15(3)19(11-13)32-22-20(30)16-4-5-18(29)17(12-28-6-8-31-9-7-28)21(16)33-23(22)24(25,26)27/h4-5,10-11,29H,6-9,12H2,1-3H3/p+1. The van der Waals surface area contributed by atoms with Crippen LogP contribution < -0.4 is 15.1 Å². The first-order valence-corrected chi connectivity index (χ1v) is 10.6. The van der Waals surface area contributed by atoms with Crippen molar-refractivity contribution in [2.75, 3.05) is 26.3 Å². The molecule has 1 saturated heterocycles. The molecule has 3 aromatic rings. The number of phenols is 1. The van der Waals surface area contributed by atoms with Crippen LogP contribution in [0.1, 0.15) is 28.0 Å². The number of quaternary nitrogens is 1. The summed E-state index contributed by atoms with van der Waals surface area (Å²) in [6.45, 7) is 7.77. The van der Waals surface area contributed by atoms with Crippen LogP contribution >= 0.6 is 0 Å². The van der Waals surface area contributed by atoms with Crippen LogP contribution in [0.15, 0.2) is 33.5 Å². The van der Waals surface area contributed by atoms with Crippen molar-refractivity contribution in [3.63, 3.8) is 0 Å². The third-order valence-electron chi connectivity index (χ3n) is 5.96. The van der Waals surface area contributed by atoms with Crippen molar-refractivity contribution in [1.29, 1.82) is 0 Å². The molecule has 0 atom stereocenters. The zero-order valence-corrected chi connectivity index (χ0v) is 18.6. The Morgan fingerprint density at radius 1 is 1.12 bits per heavy atom. The quantitative estimate of drug-likeness (QED) is 0.617. The van der Waals surface area contributed by atoms with Gasteiger partial charge in [-0.15, -0.1) is 0 Å². The molecule has 2 N–H and O–H groups in total. The lowest BCUT2D eigenvalue weighted by Crippen LogP contribution is -3.12. The zero-order chi connectivity index (χ0) is 23.9. The number of benzene rings is 2. The summed E-state index contributed by atoms with van der Waals surface area (Å²) < 4.78 is 58.2. The van der Waals surface area contributed by atoms with Crippen LogP contribution in [0.2, 0.25) is 0 Å². The third-order valence-corrected chi connectivity index (χ3v) is 5.96. The van der Waals surface area contributed by atoms with Crippen LogP contribution in [-0.2, 0) is 17.5 Å². The first kappa shape index (κ1) is 23.1. The van der Waals surface area contributed by atoms with Crippen molar-refractivity contribution in [2.45, 2.75) is 33.5 Å². The summed E-state index contributed by atoms with van der Waals surface area (Å²) in [6, 6.07) is 6.01. The highest BCUT2D eigenvalue weighted by Gasteiger charge is 2.41. The summed E-state index contributed by atoms with van der Waals surface area (Å²) in [6.07, 6.45) is -4.98. The summed E-state index contributed by atoms with van der Waals surface area (Å²) in [5, 5.41) is 10.3. The van der Waals surface area contributed by atoms with Gasteiger partial charge in [0.1, 0.15) is 31.1 Å². The minimum atomic E-state index is -4.98. The Bertz CT molecular complexity index is 1260. The summed E-state index contributed by atoms with van der Waals surface area (Å²) in [7, 11) is 0. The number of aromatic hydroxyl groups is 1. The van der Waals surface area contributed by atoms with E-state index in [1.54, 1.807) is 19.9 Å². The number of hydrogen-bond acceptors (Lipinski definition) is 5. The van der Waals surface area contributed by atoms with Crippen LogP contribution in [0.5, 0.6) is 17.2 Å². The average Bonchev–Trinajstić information content (AvgIpc) is 2.75. The minimum absolute atomic E-state index is 0.0829. The maximum atomic E-state index is 14.0. The molecular formula is C24H25F3NO5+. The third kappa shape index (κ3) is 4.56. The molecule has 9 heteroatoms. The van der Waals surface area contributed by atoms with Gasteiger partial charge in [0.2, 0.25) is 11.2 Å². The lowest BCUT2D eigenvalue weighted by molar-refractivity contribution is -0.921. The first-order valence-electron chi connectivity index (χ1n) is 10.6. The fourth-order valence-electron chi connectivity index (χ4n) is 4.04. The Hall–Kier alpha value is -3.04. The molecule has 0 saturated carbocycles. The monoisotopic (exact) mass is 464 g/mol. The molecule has 1 aliphatic heterocycles. The van der Waals surface area contributed by atoms with Gasteiger partial charge in [0, 0.05) is 0 Å². The number of ether oxygens (including phenoxy) is 2. The van der Waals surface area contributed by atoms with E-state index in [4.69, 9.17) is 13.9 Å². The van der Waals surface area contributed by atoms with E-state index in [-0.39, 0.29) is 34.6 Å². The Labute approximate surface area is 188 Å². The highest BCUT2D eigenvalue weighted by molar-refractivity contribution is 5.83. The van der Waals surface area contributed by atoms with Gasteiger partial charge in [-0.25, -0.2) is 0 Å². The topological polar surface area (TPSA) is 73.3 Å². The van der Waals surface area contributed by atoms with E-state index in [9.17, 15) is 23.1 Å². The number of halogens is 3. The highest BCUT2D eigenvalue weighted by Crippen LogP contribution is 2.40. The van der Waals surface area contributed by atoms with E-state index in [0.717, 1.165) is 16.0 Å². The molecule has 0 bridgehead atoms. The van der Waals surface area contributed by atoms with Gasteiger partial charge >= 0.3 is 6.18 Å². The number of nitrogens with one attached hydrogen (secondary N) is 1. The van der Waals surface area contributed by atoms with Crippen LogP contribution in [0.25, 0.3) is 11.0 Å². The van der Waals surface area contributed by atoms with Crippen molar-refractivity contribution in [3.05, 3.63) is 62.5 Å². The Morgan fingerprint density at radius 3 is 2.48 bits per heavy atom. The molecule has 2 heterocycles. The second-order valence-electron chi connectivity index (χ2n) is 8.37. The lowest BCUT2D eigenvalue weighted by atomic mass is 10.1. The molecule has 1 aliphatic rings. The molecule has 0 aliphatic carbocycles. The number of alkyl halides is 3. The zero-order valence-electron chi connectivity index (χ0n) is 18.6. The molecule has 1 fully saturated rings. The molecule has 4 rings (SSSR count). The van der Waals surface area contributed by atoms with Crippen LogP contribution in [0.4, 0.5) is 13.2 Å². The number of aryl methyl sites for hydroxylation is 2. The fourth-order valence-corrected chi connectivity index (χ4v) is 4.04. The summed E-state index contributed by atoms with van der Waals surface area (Å²) in [5.74, 6) is -2.51. The maximum absolute atomic E-state index is 14.0. The molecular weight excluding hydrogens is 439 g/mol. The number of hydrogen-bond donors (Lipinski definition) is 2. The molecule has 33 heavy (non-hydrogen) atoms. The molecule has 0 unspecified atom stereocenters. The Kier molecular flexibility index (Phi) is 6.11. The normalized spacial score (nSPS) is 15.2. The maximum Gasteiger partial charge on any atom is 0.453 e. The van der Waals surface area contributed by atoms with Crippen LogP contribution in [0, 0.1) is 20.8 Å². The van der Waals surface area contributed by atoms with E-state index in [1.807, 2.05) is 13.0 Å². The summed E-state index contributed by atoms with van der Waals surface area (Å²) in [5.41, 5.74) is 1.16. The van der Waals surface area contributed by atoms with E-state index in [2.05, 4.69) is 0 Å². The summed E-state index contributed by atoms with van der Waals surface area (Å²) >= 11 is 0. The van der Waals surface area contributed by atoms with Crippen molar-refractivity contribution in [1.82, 2.24) is 0 Å². The van der Waals surface area contributed by atoms with Crippen molar-refractivity contribution in [3.8, 4) is 17.2 Å². The van der Waals surface area contributed by atoms with E-state index in [0.29, 0.717) is 31.9 Å². The molecule has 2 aromatic carbocycles. The predicted molar refractivity (Wildman–Crippen MR) is 115 cm³/mol. The van der Waals surface area contributed by atoms with E-state index in [1.165, 1.54) is 12.1 Å². The van der Waals surface area contributed by atoms with E-state index >= 15 is 0 Å². The van der Waals surface area contributed by atoms with Crippen LogP contribution in [-0.4, -0.2) is 31.4 Å². The molecule has 6 nitrogen and oxygen atoms in total. The lowest BCUT2D eigenvalue weighted by Gasteiger charge is -2.24. The molecule has 0 spiro atoms. The van der Waals surface area contributed by atoms with Crippen molar-refractivity contribution < 1.29 is 37.1 Å². The van der Waals surface area contributed by atoms with Crippen molar-refractivity contribution in [2.24, 2.45) is 0 Å². The molecule has 1 aromatic heterocycles. The Morgan fingerprint density at radius 2 is 1.82 bits per heavy atom. The molecule has 0 amide bonds. The van der Waals surface area contributed by atoms with Gasteiger partial charge in [-0.05, 0) is 55.7 Å². The van der Waals surface area contributed by atoms with Gasteiger partial charge in [-0.2, -0.15) is 13.2 Å². The SMILES string of the molecule is Cc1cc(C)c(C)c(Oc2c(C(F)(F)F)oc3c(C[NH+]4CCOCC4)c(O)ccc3c2=O)c1. The fraction of sp³-hybridized carbons (Fsp3) is 0.375. The van der Waals surface area contributed by atoms with Gasteiger partial charge in [-0.1, -0.05) is 6.07 Å². The molecule has 176 valence electrons. The van der Waals surface area contributed by atoms with Gasteiger partial charge in [0.15, 0.2) is 5.58 Å². The second kappa shape index (κ2) is 8.72. The van der Waals surface area contributed by atoms with Gasteiger partial charge in [0.05, 0.1) is 24.2 Å². The smallest absolute Gasteiger partial charge is 0.453 e. The highest BCUT2D eigenvalue weighted by atomic mass is 19.4. The summed E-state index contributed by atoms with van der Waals surface area (Å²) in [4.78, 5) is 14.2. The number of rotatable bonds is 4. The van der Waals surface area contributed by atoms with Gasteiger partial charge < -0.3 is 23.9 Å². The first-order chi connectivity index (χ1) is 15.6. The number of phenolic OH excluding ortho intramolecular Hbond substituents is 1. The number of morpholine rings is 1. The average molecular weight is 464 g/mol. The van der Waals surface area contributed by atoms with Crippen LogP contribution in [0.3, 0.4) is 0 Å². The second-order valence-corrected chi connectivity index (χ2v) is 8.37. The van der Waals surface area contributed by atoms with Gasteiger partial charge in [0.25, 0.3) is 5.76 Å². The van der Waals surface area contributed by atoms with Crippen molar-refractivity contribution >= 4 is 11.0 Å². The van der Waals surface area contributed by atoms with E-state index < -0.39 is 23.1 Å². The minimum Gasteiger partial charge on any atom is -0.507 e. The largest absolute Gasteiger partial charge is 0.507 e. The predicted octanol–water partition coefficient (Wildman–Crippen LogP) is 3.65. The van der Waals surface area contributed by atoms with Gasteiger partial charge in [-0.3, -0.25) is 4.79 Å². The molecule has 0 radical (unpaired) electrons. The Balaban J connectivity index is 1.91.